The Bertz CT molecular complexity index is 929. The van der Waals surface area contributed by atoms with Crippen molar-refractivity contribution >= 4 is 17.9 Å². The Balaban J connectivity index is 1.62. The molecule has 0 saturated carbocycles. The van der Waals surface area contributed by atoms with E-state index >= 15 is 0 Å². The standard InChI is InChI=1S/C23H21NO3/c1-3-26-21-13-9-19(10-14-21)23(25)27-22-11-7-18(8-12-22)16-24-20-6-4-5-17(2)15-20/h4-16H,3H2,1-2H3. The van der Waals surface area contributed by atoms with Crippen LogP contribution in [0.25, 0.3) is 0 Å². The van der Waals surface area contributed by atoms with Crippen LogP contribution in [0, 0.1) is 6.92 Å². The fraction of sp³-hybridized carbons (Fsp3) is 0.130. The highest BCUT2D eigenvalue weighted by molar-refractivity contribution is 5.91. The van der Waals surface area contributed by atoms with Gasteiger partial charge in [0.15, 0.2) is 0 Å². The maximum absolute atomic E-state index is 12.2. The Morgan fingerprint density at radius 1 is 0.963 bits per heavy atom. The van der Waals surface area contributed by atoms with E-state index in [2.05, 4.69) is 4.99 Å². The van der Waals surface area contributed by atoms with E-state index in [0.29, 0.717) is 17.9 Å². The zero-order valence-corrected chi connectivity index (χ0v) is 15.4. The highest BCUT2D eigenvalue weighted by atomic mass is 16.5. The lowest BCUT2D eigenvalue weighted by atomic mass is 10.2. The third-order valence-corrected chi connectivity index (χ3v) is 3.86. The average Bonchev–Trinajstić information content (AvgIpc) is 2.68. The minimum Gasteiger partial charge on any atom is -0.494 e. The lowest BCUT2D eigenvalue weighted by molar-refractivity contribution is 0.0734. The number of hydrogen-bond donors (Lipinski definition) is 0. The van der Waals surface area contributed by atoms with Gasteiger partial charge < -0.3 is 9.47 Å². The first-order valence-corrected chi connectivity index (χ1v) is 8.80. The molecule has 136 valence electrons. The van der Waals surface area contributed by atoms with Crippen LogP contribution in [0.3, 0.4) is 0 Å². The summed E-state index contributed by atoms with van der Waals surface area (Å²) in [5.41, 5.74) is 3.48. The molecule has 3 aromatic rings. The Morgan fingerprint density at radius 3 is 2.33 bits per heavy atom. The highest BCUT2D eigenvalue weighted by Gasteiger charge is 2.08. The Labute approximate surface area is 159 Å². The predicted molar refractivity (Wildman–Crippen MR) is 107 cm³/mol. The minimum absolute atomic E-state index is 0.403. The lowest BCUT2D eigenvalue weighted by Crippen LogP contribution is -2.08. The molecule has 0 atom stereocenters. The first kappa shape index (κ1) is 18.4. The van der Waals surface area contributed by atoms with Crippen LogP contribution in [-0.2, 0) is 0 Å². The molecule has 0 aliphatic carbocycles. The number of carbonyl (C=O) groups is 1. The molecule has 0 N–H and O–H groups in total. The zero-order valence-electron chi connectivity index (χ0n) is 15.4. The summed E-state index contributed by atoms with van der Waals surface area (Å²) in [4.78, 5) is 16.7. The molecular formula is C23H21NO3. The summed E-state index contributed by atoms with van der Waals surface area (Å²) in [5.74, 6) is 0.812. The number of ether oxygens (including phenoxy) is 2. The summed E-state index contributed by atoms with van der Waals surface area (Å²) in [6.45, 7) is 4.54. The normalized spacial score (nSPS) is 10.7. The number of aryl methyl sites for hydroxylation is 1. The molecule has 0 saturated heterocycles. The maximum Gasteiger partial charge on any atom is 0.343 e. The molecule has 0 radical (unpaired) electrons. The van der Waals surface area contributed by atoms with Gasteiger partial charge in [-0.1, -0.05) is 12.1 Å². The van der Waals surface area contributed by atoms with Crippen molar-refractivity contribution in [3.05, 3.63) is 89.5 Å². The van der Waals surface area contributed by atoms with Gasteiger partial charge in [-0.25, -0.2) is 4.79 Å². The minimum atomic E-state index is -0.403. The number of rotatable bonds is 6. The number of nitrogens with zero attached hydrogens (tertiary/aromatic N) is 1. The highest BCUT2D eigenvalue weighted by Crippen LogP contribution is 2.17. The second-order valence-electron chi connectivity index (χ2n) is 6.01. The summed E-state index contributed by atoms with van der Waals surface area (Å²) in [6, 6.07) is 22.1. The molecule has 0 heterocycles. The van der Waals surface area contributed by atoms with Gasteiger partial charge in [0.05, 0.1) is 17.9 Å². The fourth-order valence-electron chi connectivity index (χ4n) is 2.50. The largest absolute Gasteiger partial charge is 0.494 e. The molecule has 0 aliphatic rings. The molecule has 3 rings (SSSR count). The predicted octanol–water partition coefficient (Wildman–Crippen LogP) is 5.36. The number of aliphatic imine (C=N–C) groups is 1. The van der Waals surface area contributed by atoms with Crippen molar-refractivity contribution in [1.82, 2.24) is 0 Å². The molecule has 0 spiro atoms. The van der Waals surface area contributed by atoms with E-state index in [1.807, 2.05) is 50.2 Å². The summed E-state index contributed by atoms with van der Waals surface area (Å²) in [5, 5.41) is 0. The van der Waals surface area contributed by atoms with Crippen molar-refractivity contribution in [1.29, 1.82) is 0 Å². The van der Waals surface area contributed by atoms with Crippen LogP contribution in [0.2, 0.25) is 0 Å². The Morgan fingerprint density at radius 2 is 1.67 bits per heavy atom. The van der Waals surface area contributed by atoms with Crippen molar-refractivity contribution in [3.63, 3.8) is 0 Å². The summed E-state index contributed by atoms with van der Waals surface area (Å²) < 4.78 is 10.8. The van der Waals surface area contributed by atoms with Crippen LogP contribution in [0.1, 0.15) is 28.4 Å². The molecule has 0 fully saturated rings. The van der Waals surface area contributed by atoms with E-state index in [4.69, 9.17) is 9.47 Å². The van der Waals surface area contributed by atoms with Crippen LogP contribution < -0.4 is 9.47 Å². The van der Waals surface area contributed by atoms with Crippen molar-refractivity contribution in [2.45, 2.75) is 13.8 Å². The van der Waals surface area contributed by atoms with Crippen LogP contribution in [0.15, 0.2) is 77.8 Å². The quantitative estimate of drug-likeness (QED) is 0.338. The van der Waals surface area contributed by atoms with Gasteiger partial charge >= 0.3 is 5.97 Å². The first-order chi connectivity index (χ1) is 13.1. The zero-order chi connectivity index (χ0) is 19.1. The molecular weight excluding hydrogens is 338 g/mol. The molecule has 3 aromatic carbocycles. The number of esters is 1. The third-order valence-electron chi connectivity index (χ3n) is 3.86. The molecule has 4 heteroatoms. The second kappa shape index (κ2) is 8.81. The molecule has 27 heavy (non-hydrogen) atoms. The molecule has 4 nitrogen and oxygen atoms in total. The van der Waals surface area contributed by atoms with Crippen molar-refractivity contribution in [3.8, 4) is 11.5 Å². The van der Waals surface area contributed by atoms with Crippen molar-refractivity contribution < 1.29 is 14.3 Å². The molecule has 0 bridgehead atoms. The summed E-state index contributed by atoms with van der Waals surface area (Å²) in [7, 11) is 0. The van der Waals surface area contributed by atoms with Crippen molar-refractivity contribution in [2.75, 3.05) is 6.61 Å². The molecule has 0 amide bonds. The SMILES string of the molecule is CCOc1ccc(C(=O)Oc2ccc(C=Nc3cccc(C)c3)cc2)cc1. The van der Waals surface area contributed by atoms with E-state index in [0.717, 1.165) is 17.0 Å². The van der Waals surface area contributed by atoms with Gasteiger partial charge in [-0.05, 0) is 85.6 Å². The van der Waals surface area contributed by atoms with Crippen LogP contribution in [0.4, 0.5) is 5.69 Å². The monoisotopic (exact) mass is 359 g/mol. The van der Waals surface area contributed by atoms with E-state index < -0.39 is 5.97 Å². The van der Waals surface area contributed by atoms with Gasteiger partial charge in [-0.15, -0.1) is 0 Å². The number of hydrogen-bond acceptors (Lipinski definition) is 4. The third kappa shape index (κ3) is 5.28. The van der Waals surface area contributed by atoms with Gasteiger partial charge in [0.1, 0.15) is 11.5 Å². The van der Waals surface area contributed by atoms with Gasteiger partial charge in [-0.3, -0.25) is 4.99 Å². The molecule has 0 aromatic heterocycles. The first-order valence-electron chi connectivity index (χ1n) is 8.80. The van der Waals surface area contributed by atoms with Crippen LogP contribution >= 0.6 is 0 Å². The smallest absolute Gasteiger partial charge is 0.343 e. The lowest BCUT2D eigenvalue weighted by Gasteiger charge is -2.06. The fourth-order valence-corrected chi connectivity index (χ4v) is 2.50. The van der Waals surface area contributed by atoms with E-state index in [9.17, 15) is 4.79 Å². The van der Waals surface area contributed by atoms with Crippen molar-refractivity contribution in [2.24, 2.45) is 4.99 Å². The molecule has 0 unspecified atom stereocenters. The van der Waals surface area contributed by atoms with Crippen LogP contribution in [-0.4, -0.2) is 18.8 Å². The topological polar surface area (TPSA) is 47.9 Å². The van der Waals surface area contributed by atoms with Gasteiger partial charge in [0.25, 0.3) is 0 Å². The van der Waals surface area contributed by atoms with E-state index in [-0.39, 0.29) is 0 Å². The summed E-state index contributed by atoms with van der Waals surface area (Å²) in [6.07, 6.45) is 1.78. The maximum atomic E-state index is 12.2. The Hall–Kier alpha value is -3.40. The van der Waals surface area contributed by atoms with Gasteiger partial charge in [-0.2, -0.15) is 0 Å². The van der Waals surface area contributed by atoms with E-state index in [1.165, 1.54) is 5.56 Å². The van der Waals surface area contributed by atoms with Gasteiger partial charge in [0.2, 0.25) is 0 Å². The number of benzene rings is 3. The second-order valence-corrected chi connectivity index (χ2v) is 6.01. The van der Waals surface area contributed by atoms with Crippen LogP contribution in [0.5, 0.6) is 11.5 Å². The van der Waals surface area contributed by atoms with E-state index in [1.54, 1.807) is 42.6 Å². The van der Waals surface area contributed by atoms with Gasteiger partial charge in [0, 0.05) is 6.21 Å². The summed E-state index contributed by atoms with van der Waals surface area (Å²) >= 11 is 0. The Kier molecular flexibility index (Phi) is 6.00. The average molecular weight is 359 g/mol. The molecule has 0 aliphatic heterocycles. The number of carbonyl (C=O) groups excluding carboxylic acids is 1.